The van der Waals surface area contributed by atoms with Crippen molar-refractivity contribution in [3.8, 4) is 0 Å². The lowest BCUT2D eigenvalue weighted by molar-refractivity contribution is 0.669. The lowest BCUT2D eigenvalue weighted by atomic mass is 9.97. The van der Waals surface area contributed by atoms with Crippen LogP contribution in [0.1, 0.15) is 0 Å². The van der Waals surface area contributed by atoms with Crippen molar-refractivity contribution in [2.45, 2.75) is 0 Å². The van der Waals surface area contributed by atoms with E-state index < -0.39 is 0 Å². The van der Waals surface area contributed by atoms with Crippen molar-refractivity contribution >= 4 is 71.3 Å². The Morgan fingerprint density at radius 2 is 1.00 bits per heavy atom. The van der Waals surface area contributed by atoms with Crippen LogP contribution in [-0.2, 0) is 0 Å². The van der Waals surface area contributed by atoms with E-state index in [1.54, 1.807) is 0 Å². The lowest BCUT2D eigenvalue weighted by Gasteiger charge is -2.28. The Hall–Kier alpha value is -5.08. The Kier molecular flexibility index (Phi) is 4.55. The smallest absolute Gasteiger partial charge is 0.138 e. The van der Waals surface area contributed by atoms with Gasteiger partial charge >= 0.3 is 0 Å². The second-order valence-electron chi connectivity index (χ2n) is 9.75. The quantitative estimate of drug-likeness (QED) is 0.247. The summed E-state index contributed by atoms with van der Waals surface area (Å²) in [5.74, 6) is 0. The Morgan fingerprint density at radius 1 is 0.395 bits per heavy atom. The summed E-state index contributed by atoms with van der Waals surface area (Å²) < 4.78 is 6.59. The van der Waals surface area contributed by atoms with Crippen molar-refractivity contribution in [1.29, 1.82) is 0 Å². The summed E-state index contributed by atoms with van der Waals surface area (Å²) >= 11 is 0. The molecule has 0 aliphatic carbocycles. The summed E-state index contributed by atoms with van der Waals surface area (Å²) in [6.45, 7) is 0. The first-order valence-corrected chi connectivity index (χ1v) is 13.0. The highest BCUT2D eigenvalue weighted by Gasteiger charge is 2.21. The Labute approximate surface area is 220 Å². The van der Waals surface area contributed by atoms with Crippen LogP contribution in [0.25, 0.3) is 54.3 Å². The molecule has 0 amide bonds. The number of rotatable bonds is 3. The van der Waals surface area contributed by atoms with Gasteiger partial charge in [-0.1, -0.05) is 109 Å². The van der Waals surface area contributed by atoms with Gasteiger partial charge in [-0.2, -0.15) is 0 Å². The zero-order valence-corrected chi connectivity index (χ0v) is 20.6. The van der Waals surface area contributed by atoms with Gasteiger partial charge in [0.15, 0.2) is 0 Å². The van der Waals surface area contributed by atoms with E-state index in [0.29, 0.717) is 0 Å². The molecule has 0 fully saturated rings. The summed E-state index contributed by atoms with van der Waals surface area (Å²) in [5.41, 5.74) is 5.15. The molecule has 0 saturated heterocycles. The van der Waals surface area contributed by atoms with Crippen LogP contribution in [0, 0.1) is 0 Å². The summed E-state index contributed by atoms with van der Waals surface area (Å²) in [7, 11) is 0. The molecule has 1 heterocycles. The fraction of sp³-hybridized carbons (Fsp3) is 0. The number of fused-ring (bicyclic) bond motifs is 8. The van der Waals surface area contributed by atoms with Crippen molar-refractivity contribution in [1.82, 2.24) is 0 Å². The van der Waals surface area contributed by atoms with E-state index in [4.69, 9.17) is 4.42 Å². The third-order valence-electron chi connectivity index (χ3n) is 7.61. The maximum atomic E-state index is 6.59. The fourth-order valence-corrected chi connectivity index (χ4v) is 5.96. The van der Waals surface area contributed by atoms with Crippen LogP contribution < -0.4 is 4.90 Å². The van der Waals surface area contributed by atoms with Gasteiger partial charge in [-0.05, 0) is 45.8 Å². The summed E-state index contributed by atoms with van der Waals surface area (Å²) in [6, 6.07) is 49.5. The topological polar surface area (TPSA) is 16.4 Å². The normalized spacial score (nSPS) is 11.7. The standard InChI is InChI=1S/C36H23NO/c1-2-14-26(15-3-1)37(31-20-10-13-24-11-4-6-16-27(24)31)32-23-34-36(30-19-9-8-18-29(30)32)35-28-17-7-5-12-25(28)21-22-33(35)38-34/h1-23H. The van der Waals surface area contributed by atoms with Crippen molar-refractivity contribution in [2.24, 2.45) is 0 Å². The van der Waals surface area contributed by atoms with Gasteiger partial charge in [0.2, 0.25) is 0 Å². The van der Waals surface area contributed by atoms with Crippen molar-refractivity contribution < 1.29 is 4.42 Å². The van der Waals surface area contributed by atoms with Gasteiger partial charge in [0.1, 0.15) is 11.2 Å². The molecule has 0 atom stereocenters. The van der Waals surface area contributed by atoms with Crippen molar-refractivity contribution in [2.75, 3.05) is 4.90 Å². The van der Waals surface area contributed by atoms with E-state index in [0.717, 1.165) is 28.2 Å². The summed E-state index contributed by atoms with van der Waals surface area (Å²) in [6.07, 6.45) is 0. The van der Waals surface area contributed by atoms with Gasteiger partial charge in [-0.25, -0.2) is 0 Å². The highest BCUT2D eigenvalue weighted by Crippen LogP contribution is 2.46. The van der Waals surface area contributed by atoms with Gasteiger partial charge in [0.05, 0.1) is 11.4 Å². The molecule has 0 spiro atoms. The minimum atomic E-state index is 0.895. The van der Waals surface area contributed by atoms with Crippen LogP contribution in [0.5, 0.6) is 0 Å². The molecular weight excluding hydrogens is 462 g/mol. The number of nitrogens with zero attached hydrogens (tertiary/aromatic N) is 1. The molecule has 2 nitrogen and oxygen atoms in total. The second-order valence-corrected chi connectivity index (χ2v) is 9.75. The SMILES string of the molecule is c1ccc(N(c2cccc3ccccc23)c2cc3oc4ccc5ccccc5c4c3c3ccccc23)cc1. The number of para-hydroxylation sites is 1. The summed E-state index contributed by atoms with van der Waals surface area (Å²) in [5, 5.41) is 9.58. The maximum absolute atomic E-state index is 6.59. The second kappa shape index (κ2) is 8.22. The first-order chi connectivity index (χ1) is 18.9. The number of hydrogen-bond acceptors (Lipinski definition) is 2. The Balaban J connectivity index is 1.53. The van der Waals surface area contributed by atoms with E-state index in [9.17, 15) is 0 Å². The fourth-order valence-electron chi connectivity index (χ4n) is 5.96. The van der Waals surface area contributed by atoms with E-state index in [2.05, 4.69) is 144 Å². The molecule has 178 valence electrons. The van der Waals surface area contributed by atoms with Gasteiger partial charge in [0.25, 0.3) is 0 Å². The Bertz CT molecular complexity index is 2130. The monoisotopic (exact) mass is 485 g/mol. The lowest BCUT2D eigenvalue weighted by Crippen LogP contribution is -2.11. The average Bonchev–Trinajstić information content (AvgIpc) is 3.37. The Morgan fingerprint density at radius 3 is 1.82 bits per heavy atom. The van der Waals surface area contributed by atoms with Crippen molar-refractivity contribution in [3.05, 3.63) is 140 Å². The van der Waals surface area contributed by atoms with Crippen LogP contribution >= 0.6 is 0 Å². The molecule has 0 aliphatic rings. The predicted molar refractivity (Wildman–Crippen MR) is 161 cm³/mol. The zero-order valence-electron chi connectivity index (χ0n) is 20.6. The molecular formula is C36H23NO. The molecule has 0 bridgehead atoms. The van der Waals surface area contributed by atoms with E-state index >= 15 is 0 Å². The van der Waals surface area contributed by atoms with Gasteiger partial charge in [0, 0.05) is 33.3 Å². The van der Waals surface area contributed by atoms with Crippen molar-refractivity contribution in [3.63, 3.8) is 0 Å². The minimum Gasteiger partial charge on any atom is -0.456 e. The molecule has 0 unspecified atom stereocenters. The third-order valence-corrected chi connectivity index (χ3v) is 7.61. The largest absolute Gasteiger partial charge is 0.456 e. The molecule has 2 heteroatoms. The highest BCUT2D eigenvalue weighted by molar-refractivity contribution is 6.28. The third kappa shape index (κ3) is 3.07. The van der Waals surface area contributed by atoms with Crippen LogP contribution in [0.15, 0.2) is 144 Å². The van der Waals surface area contributed by atoms with E-state index in [1.807, 2.05) is 0 Å². The predicted octanol–water partition coefficient (Wildman–Crippen LogP) is 10.5. The van der Waals surface area contributed by atoms with Crippen LogP contribution in [0.3, 0.4) is 0 Å². The molecule has 38 heavy (non-hydrogen) atoms. The van der Waals surface area contributed by atoms with Crippen LogP contribution in [-0.4, -0.2) is 0 Å². The molecule has 7 aromatic carbocycles. The van der Waals surface area contributed by atoms with Gasteiger partial charge in [-0.3, -0.25) is 0 Å². The molecule has 0 aliphatic heterocycles. The maximum Gasteiger partial charge on any atom is 0.138 e. The number of hydrogen-bond donors (Lipinski definition) is 0. The zero-order chi connectivity index (χ0) is 25.1. The molecule has 0 N–H and O–H groups in total. The molecule has 0 saturated carbocycles. The van der Waals surface area contributed by atoms with Crippen LogP contribution in [0.4, 0.5) is 17.1 Å². The number of anilines is 3. The van der Waals surface area contributed by atoms with Gasteiger partial charge < -0.3 is 9.32 Å². The molecule has 0 radical (unpaired) electrons. The first kappa shape index (κ1) is 21.0. The van der Waals surface area contributed by atoms with E-state index in [1.165, 1.54) is 43.1 Å². The van der Waals surface area contributed by atoms with E-state index in [-0.39, 0.29) is 0 Å². The van der Waals surface area contributed by atoms with Gasteiger partial charge in [-0.15, -0.1) is 0 Å². The number of benzene rings is 7. The number of furan rings is 1. The molecule has 8 aromatic rings. The molecule has 8 rings (SSSR count). The molecule has 1 aromatic heterocycles. The highest BCUT2D eigenvalue weighted by atomic mass is 16.3. The summed E-state index contributed by atoms with van der Waals surface area (Å²) in [4.78, 5) is 2.37. The average molecular weight is 486 g/mol. The first-order valence-electron chi connectivity index (χ1n) is 13.0. The minimum absolute atomic E-state index is 0.895. The van der Waals surface area contributed by atoms with Crippen LogP contribution in [0.2, 0.25) is 0 Å².